The van der Waals surface area contributed by atoms with Crippen LogP contribution >= 0.6 is 11.3 Å². The van der Waals surface area contributed by atoms with Crippen LogP contribution in [-0.2, 0) is 6.42 Å². The first kappa shape index (κ1) is 14.0. The normalized spacial score (nSPS) is 11.0. The zero-order valence-electron chi connectivity index (χ0n) is 12.0. The summed E-state index contributed by atoms with van der Waals surface area (Å²) >= 11 is 1.78. The Bertz CT molecular complexity index is 546. The molecule has 4 heteroatoms. The highest BCUT2D eigenvalue weighted by Gasteiger charge is 2.11. The van der Waals surface area contributed by atoms with E-state index in [-0.39, 0.29) is 0 Å². The average Bonchev–Trinajstić information content (AvgIpc) is 2.87. The minimum Gasteiger partial charge on any atom is -0.370 e. The summed E-state index contributed by atoms with van der Waals surface area (Å²) in [5.41, 5.74) is 1.09. The van der Waals surface area contributed by atoms with Crippen molar-refractivity contribution in [3.8, 4) is 10.7 Å². The smallest absolute Gasteiger partial charge is 0.171 e. The molecular formula is C15H21N3S. The zero-order chi connectivity index (χ0) is 13.8. The minimum atomic E-state index is 0.407. The van der Waals surface area contributed by atoms with Gasteiger partial charge in [-0.2, -0.15) is 0 Å². The highest BCUT2D eigenvalue weighted by atomic mass is 32.1. The van der Waals surface area contributed by atoms with Crippen molar-refractivity contribution in [2.45, 2.75) is 40.0 Å². The lowest BCUT2D eigenvalue weighted by molar-refractivity contribution is 0.817. The first-order chi connectivity index (χ1) is 9.13. The summed E-state index contributed by atoms with van der Waals surface area (Å²) in [5.74, 6) is 2.17. The Morgan fingerprint density at radius 2 is 2.00 bits per heavy atom. The van der Waals surface area contributed by atoms with E-state index in [4.69, 9.17) is 4.98 Å². The van der Waals surface area contributed by atoms with Crippen LogP contribution < -0.4 is 5.32 Å². The fourth-order valence-electron chi connectivity index (χ4n) is 1.83. The number of hydrogen-bond acceptors (Lipinski definition) is 4. The van der Waals surface area contributed by atoms with Gasteiger partial charge in [-0.15, -0.1) is 11.3 Å². The van der Waals surface area contributed by atoms with Crippen LogP contribution in [0.25, 0.3) is 10.7 Å². The van der Waals surface area contributed by atoms with Gasteiger partial charge in [0.2, 0.25) is 0 Å². The van der Waals surface area contributed by atoms with E-state index >= 15 is 0 Å². The Morgan fingerprint density at radius 3 is 2.58 bits per heavy atom. The predicted octanol–water partition coefficient (Wildman–Crippen LogP) is 4.32. The summed E-state index contributed by atoms with van der Waals surface area (Å²) in [5, 5.41) is 3.29. The predicted molar refractivity (Wildman–Crippen MR) is 83.0 cm³/mol. The third-order valence-corrected chi connectivity index (χ3v) is 4.15. The van der Waals surface area contributed by atoms with Crippen molar-refractivity contribution in [2.24, 2.45) is 0 Å². The number of rotatable bonds is 5. The highest BCUT2D eigenvalue weighted by Crippen LogP contribution is 2.28. The molecule has 0 aliphatic heterocycles. The SMILES string of the molecule is CCNc1cc(C(C)C)nc(-c2ccc(CC)s2)n1. The molecule has 2 aromatic rings. The van der Waals surface area contributed by atoms with Crippen molar-refractivity contribution in [1.29, 1.82) is 0 Å². The van der Waals surface area contributed by atoms with Gasteiger partial charge in [0.05, 0.1) is 4.88 Å². The van der Waals surface area contributed by atoms with E-state index in [0.717, 1.165) is 35.2 Å². The van der Waals surface area contributed by atoms with E-state index in [1.807, 2.05) is 6.07 Å². The van der Waals surface area contributed by atoms with Crippen LogP contribution in [0.2, 0.25) is 0 Å². The Hall–Kier alpha value is -1.42. The fraction of sp³-hybridized carbons (Fsp3) is 0.467. The molecule has 0 unspecified atom stereocenters. The summed E-state index contributed by atoms with van der Waals surface area (Å²) in [6, 6.07) is 6.34. The molecule has 2 heterocycles. The lowest BCUT2D eigenvalue weighted by atomic mass is 10.1. The standard InChI is InChI=1S/C15H21N3S/c1-5-11-7-8-13(19-11)15-17-12(10(3)4)9-14(18-15)16-6-2/h7-10H,5-6H2,1-4H3,(H,16,17,18). The molecule has 1 N–H and O–H groups in total. The van der Waals surface area contributed by atoms with E-state index in [2.05, 4.69) is 50.1 Å². The maximum absolute atomic E-state index is 4.69. The van der Waals surface area contributed by atoms with Gasteiger partial charge in [-0.25, -0.2) is 9.97 Å². The number of aryl methyl sites for hydroxylation is 1. The van der Waals surface area contributed by atoms with Crippen LogP contribution in [0.1, 0.15) is 44.2 Å². The van der Waals surface area contributed by atoms with Crippen LogP contribution in [0.5, 0.6) is 0 Å². The zero-order valence-corrected chi connectivity index (χ0v) is 12.8. The lowest BCUT2D eigenvalue weighted by Crippen LogP contribution is -2.04. The van der Waals surface area contributed by atoms with Gasteiger partial charge in [-0.05, 0) is 31.4 Å². The lowest BCUT2D eigenvalue weighted by Gasteiger charge is -2.10. The van der Waals surface area contributed by atoms with Crippen molar-refractivity contribution >= 4 is 17.2 Å². The highest BCUT2D eigenvalue weighted by molar-refractivity contribution is 7.15. The first-order valence-electron chi connectivity index (χ1n) is 6.86. The summed E-state index contributed by atoms with van der Waals surface area (Å²) in [6.07, 6.45) is 1.06. The molecule has 0 aliphatic carbocycles. The van der Waals surface area contributed by atoms with Gasteiger partial charge in [-0.1, -0.05) is 20.8 Å². The molecular weight excluding hydrogens is 254 g/mol. The molecule has 19 heavy (non-hydrogen) atoms. The van der Waals surface area contributed by atoms with E-state index in [1.165, 1.54) is 4.88 Å². The van der Waals surface area contributed by atoms with Crippen LogP contribution in [-0.4, -0.2) is 16.5 Å². The largest absolute Gasteiger partial charge is 0.370 e. The third-order valence-electron chi connectivity index (χ3n) is 2.93. The van der Waals surface area contributed by atoms with E-state index < -0.39 is 0 Å². The second kappa shape index (κ2) is 6.15. The maximum Gasteiger partial charge on any atom is 0.171 e. The van der Waals surface area contributed by atoms with Crippen molar-refractivity contribution in [1.82, 2.24) is 9.97 Å². The van der Waals surface area contributed by atoms with E-state index in [0.29, 0.717) is 5.92 Å². The molecule has 0 radical (unpaired) electrons. The first-order valence-corrected chi connectivity index (χ1v) is 7.67. The molecule has 0 bridgehead atoms. The number of anilines is 1. The van der Waals surface area contributed by atoms with Crippen molar-refractivity contribution < 1.29 is 0 Å². The van der Waals surface area contributed by atoms with Crippen LogP contribution in [0.3, 0.4) is 0 Å². The Labute approximate surface area is 119 Å². The molecule has 0 saturated heterocycles. The van der Waals surface area contributed by atoms with Gasteiger partial charge in [0.1, 0.15) is 5.82 Å². The van der Waals surface area contributed by atoms with Crippen LogP contribution in [0, 0.1) is 0 Å². The van der Waals surface area contributed by atoms with Gasteiger partial charge in [0.15, 0.2) is 5.82 Å². The molecule has 2 rings (SSSR count). The molecule has 102 valence electrons. The fourth-order valence-corrected chi connectivity index (χ4v) is 2.71. The number of nitrogens with one attached hydrogen (secondary N) is 1. The van der Waals surface area contributed by atoms with Crippen LogP contribution in [0.15, 0.2) is 18.2 Å². The van der Waals surface area contributed by atoms with Crippen molar-refractivity contribution in [3.63, 3.8) is 0 Å². The Kier molecular flexibility index (Phi) is 4.53. The summed E-state index contributed by atoms with van der Waals surface area (Å²) < 4.78 is 0. The second-order valence-electron chi connectivity index (χ2n) is 4.81. The molecule has 0 saturated carbocycles. The van der Waals surface area contributed by atoms with Crippen molar-refractivity contribution in [3.05, 3.63) is 28.8 Å². The molecule has 0 atom stereocenters. The molecule has 0 aliphatic rings. The topological polar surface area (TPSA) is 37.8 Å². The number of hydrogen-bond donors (Lipinski definition) is 1. The van der Waals surface area contributed by atoms with Gasteiger partial charge >= 0.3 is 0 Å². The Morgan fingerprint density at radius 1 is 1.21 bits per heavy atom. The molecule has 2 aromatic heterocycles. The minimum absolute atomic E-state index is 0.407. The van der Waals surface area contributed by atoms with Gasteiger partial charge in [0, 0.05) is 23.2 Å². The second-order valence-corrected chi connectivity index (χ2v) is 5.97. The number of nitrogens with zero attached hydrogens (tertiary/aromatic N) is 2. The van der Waals surface area contributed by atoms with E-state index in [1.54, 1.807) is 11.3 Å². The van der Waals surface area contributed by atoms with Crippen LogP contribution in [0.4, 0.5) is 5.82 Å². The Balaban J connectivity index is 2.43. The molecule has 0 amide bonds. The van der Waals surface area contributed by atoms with Gasteiger partial charge < -0.3 is 5.32 Å². The maximum atomic E-state index is 4.69. The number of thiophene rings is 1. The van der Waals surface area contributed by atoms with Crippen molar-refractivity contribution in [2.75, 3.05) is 11.9 Å². The third kappa shape index (κ3) is 3.32. The summed E-state index contributed by atoms with van der Waals surface area (Å²) in [4.78, 5) is 11.8. The van der Waals surface area contributed by atoms with Gasteiger partial charge in [0.25, 0.3) is 0 Å². The molecule has 0 fully saturated rings. The van der Waals surface area contributed by atoms with E-state index in [9.17, 15) is 0 Å². The quantitative estimate of drug-likeness (QED) is 0.883. The monoisotopic (exact) mass is 275 g/mol. The summed E-state index contributed by atoms with van der Waals surface area (Å²) in [6.45, 7) is 9.45. The molecule has 0 aromatic carbocycles. The van der Waals surface area contributed by atoms with Gasteiger partial charge in [-0.3, -0.25) is 0 Å². The molecule has 3 nitrogen and oxygen atoms in total. The average molecular weight is 275 g/mol. The number of aromatic nitrogens is 2. The molecule has 0 spiro atoms. The summed E-state index contributed by atoms with van der Waals surface area (Å²) in [7, 11) is 0.